The van der Waals surface area contributed by atoms with Crippen LogP contribution in [0.3, 0.4) is 0 Å². The van der Waals surface area contributed by atoms with Crippen LogP contribution in [0.2, 0.25) is 0 Å². The second kappa shape index (κ2) is 3.76. The molecule has 0 heterocycles. The Labute approximate surface area is 95.2 Å². The monoisotopic (exact) mass is 209 g/mol. The maximum absolute atomic E-state index is 2.65. The molecule has 3 aliphatic carbocycles. The Kier molecular flexibility index (Phi) is 2.87. The lowest BCUT2D eigenvalue weighted by atomic mass is 9.48. The Morgan fingerprint density at radius 1 is 1.20 bits per heavy atom. The lowest BCUT2D eigenvalue weighted by Crippen LogP contribution is -2.64. The van der Waals surface area contributed by atoms with E-state index in [0.29, 0.717) is 11.6 Å². The average molecular weight is 209 g/mol. The molecule has 0 aromatic heterocycles. The Hall–Kier alpha value is -0.0400. The molecule has 0 aromatic carbocycles. The molecule has 2 bridgehead atoms. The van der Waals surface area contributed by atoms with Gasteiger partial charge in [0.15, 0.2) is 0 Å². The first kappa shape index (κ1) is 11.4. The molecule has 0 amide bonds. The first-order chi connectivity index (χ1) is 7.04. The van der Waals surface area contributed by atoms with Crippen LogP contribution < -0.4 is 0 Å². The Bertz CT molecular complexity index is 221. The van der Waals surface area contributed by atoms with Gasteiger partial charge in [0, 0.05) is 11.6 Å². The zero-order chi connectivity index (χ0) is 11.1. The van der Waals surface area contributed by atoms with Gasteiger partial charge in [0.05, 0.1) is 0 Å². The van der Waals surface area contributed by atoms with Gasteiger partial charge in [-0.25, -0.2) is 0 Å². The van der Waals surface area contributed by atoms with Gasteiger partial charge < -0.3 is 0 Å². The Morgan fingerprint density at radius 2 is 1.87 bits per heavy atom. The molecule has 0 radical (unpaired) electrons. The molecule has 15 heavy (non-hydrogen) atoms. The molecule has 3 fully saturated rings. The number of fused-ring (bicyclic) bond motifs is 2. The van der Waals surface area contributed by atoms with Gasteiger partial charge in [-0.15, -0.1) is 0 Å². The van der Waals surface area contributed by atoms with E-state index in [0.717, 1.165) is 5.41 Å². The van der Waals surface area contributed by atoms with Crippen molar-refractivity contribution in [1.29, 1.82) is 0 Å². The summed E-state index contributed by atoms with van der Waals surface area (Å²) in [5, 5.41) is 0. The molecule has 88 valence electrons. The summed E-state index contributed by atoms with van der Waals surface area (Å²) < 4.78 is 0. The molecule has 0 atom stereocenters. The first-order valence-electron chi connectivity index (χ1n) is 6.77. The molecule has 3 saturated carbocycles. The lowest BCUT2D eigenvalue weighted by Gasteiger charge is -2.65. The predicted octanol–water partition coefficient (Wildman–Crippen LogP) is 3.83. The minimum Gasteiger partial charge on any atom is -0.298 e. The second-order valence-electron chi connectivity index (χ2n) is 6.39. The third-order valence-electron chi connectivity index (χ3n) is 5.06. The summed E-state index contributed by atoms with van der Waals surface area (Å²) in [5.74, 6) is 0. The van der Waals surface area contributed by atoms with Gasteiger partial charge in [-0.3, -0.25) is 4.90 Å². The minimum absolute atomic E-state index is 0.599. The molecule has 0 aliphatic heterocycles. The summed E-state index contributed by atoms with van der Waals surface area (Å²) in [6.07, 6.45) is 10.3. The van der Waals surface area contributed by atoms with E-state index in [4.69, 9.17) is 0 Å². The topological polar surface area (TPSA) is 3.24 Å². The van der Waals surface area contributed by atoms with E-state index < -0.39 is 0 Å². The van der Waals surface area contributed by atoms with Gasteiger partial charge in [0.2, 0.25) is 0 Å². The maximum atomic E-state index is 2.65. The standard InChI is InChI=1S/C14H27N/c1-5-7-13-8-6-9-14(10-13,11-13)15(4)12(2)3/h12H,5-11H2,1-4H3. The van der Waals surface area contributed by atoms with Crippen LogP contribution in [-0.2, 0) is 0 Å². The normalized spacial score (nSPS) is 39.6. The van der Waals surface area contributed by atoms with Crippen LogP contribution in [0.1, 0.15) is 65.7 Å². The van der Waals surface area contributed by atoms with Crippen molar-refractivity contribution in [3.8, 4) is 0 Å². The smallest absolute Gasteiger partial charge is 0.0219 e. The molecule has 0 unspecified atom stereocenters. The van der Waals surface area contributed by atoms with E-state index in [-0.39, 0.29) is 0 Å². The molecule has 0 aromatic rings. The van der Waals surface area contributed by atoms with Gasteiger partial charge in [-0.2, -0.15) is 0 Å². The highest BCUT2D eigenvalue weighted by Crippen LogP contribution is 2.62. The number of hydrogen-bond acceptors (Lipinski definition) is 1. The summed E-state index contributed by atoms with van der Waals surface area (Å²) in [6, 6.07) is 0.711. The number of hydrogen-bond donors (Lipinski definition) is 0. The van der Waals surface area contributed by atoms with Crippen molar-refractivity contribution in [3.63, 3.8) is 0 Å². The molecule has 0 spiro atoms. The highest BCUT2D eigenvalue weighted by molar-refractivity contribution is 5.12. The van der Waals surface area contributed by atoms with Crippen molar-refractivity contribution in [3.05, 3.63) is 0 Å². The fraction of sp³-hybridized carbons (Fsp3) is 1.00. The molecule has 0 N–H and O–H groups in total. The minimum atomic E-state index is 0.599. The van der Waals surface area contributed by atoms with Crippen molar-refractivity contribution in [2.75, 3.05) is 7.05 Å². The lowest BCUT2D eigenvalue weighted by molar-refractivity contribution is -0.131. The zero-order valence-corrected chi connectivity index (χ0v) is 11.0. The predicted molar refractivity (Wildman–Crippen MR) is 66.1 cm³/mol. The third-order valence-corrected chi connectivity index (χ3v) is 5.06. The van der Waals surface area contributed by atoms with Gasteiger partial charge in [-0.1, -0.05) is 19.8 Å². The molecule has 1 heteroatoms. The quantitative estimate of drug-likeness (QED) is 0.680. The summed E-state index contributed by atoms with van der Waals surface area (Å²) in [4.78, 5) is 2.65. The number of nitrogens with zero attached hydrogens (tertiary/aromatic N) is 1. The van der Waals surface area contributed by atoms with Crippen LogP contribution in [0.4, 0.5) is 0 Å². The number of rotatable bonds is 4. The highest BCUT2D eigenvalue weighted by atomic mass is 15.2. The largest absolute Gasteiger partial charge is 0.298 e. The third kappa shape index (κ3) is 1.73. The van der Waals surface area contributed by atoms with E-state index in [1.807, 2.05) is 0 Å². The molecular formula is C14H27N. The zero-order valence-electron chi connectivity index (χ0n) is 11.0. The highest BCUT2D eigenvalue weighted by Gasteiger charge is 2.58. The molecule has 3 aliphatic rings. The summed E-state index contributed by atoms with van der Waals surface area (Å²) in [5.41, 5.74) is 1.36. The van der Waals surface area contributed by atoms with Gasteiger partial charge in [0.1, 0.15) is 0 Å². The molecular weight excluding hydrogens is 182 g/mol. The van der Waals surface area contributed by atoms with Crippen LogP contribution in [0.5, 0.6) is 0 Å². The van der Waals surface area contributed by atoms with Crippen molar-refractivity contribution in [1.82, 2.24) is 4.90 Å². The van der Waals surface area contributed by atoms with Gasteiger partial charge >= 0.3 is 0 Å². The molecule has 0 saturated heterocycles. The van der Waals surface area contributed by atoms with Gasteiger partial charge in [0.25, 0.3) is 0 Å². The fourth-order valence-electron chi connectivity index (χ4n) is 4.30. The van der Waals surface area contributed by atoms with E-state index in [1.165, 1.54) is 44.9 Å². The van der Waals surface area contributed by atoms with E-state index in [2.05, 4.69) is 32.7 Å². The average Bonchev–Trinajstić information content (AvgIpc) is 2.16. The van der Waals surface area contributed by atoms with Crippen molar-refractivity contribution in [2.24, 2.45) is 5.41 Å². The second-order valence-corrected chi connectivity index (χ2v) is 6.39. The van der Waals surface area contributed by atoms with Gasteiger partial charge in [-0.05, 0) is 58.4 Å². The van der Waals surface area contributed by atoms with E-state index >= 15 is 0 Å². The van der Waals surface area contributed by atoms with Crippen LogP contribution >= 0.6 is 0 Å². The summed E-state index contributed by atoms with van der Waals surface area (Å²) >= 11 is 0. The van der Waals surface area contributed by atoms with Crippen LogP contribution in [0, 0.1) is 5.41 Å². The van der Waals surface area contributed by atoms with E-state index in [1.54, 1.807) is 0 Å². The van der Waals surface area contributed by atoms with Crippen LogP contribution in [0.25, 0.3) is 0 Å². The van der Waals surface area contributed by atoms with Crippen molar-refractivity contribution >= 4 is 0 Å². The Morgan fingerprint density at radius 3 is 2.40 bits per heavy atom. The maximum Gasteiger partial charge on any atom is 0.0219 e. The van der Waals surface area contributed by atoms with Crippen molar-refractivity contribution < 1.29 is 0 Å². The van der Waals surface area contributed by atoms with E-state index in [9.17, 15) is 0 Å². The summed E-state index contributed by atoms with van der Waals surface area (Å²) in [6.45, 7) is 7.02. The molecule has 3 rings (SSSR count). The summed E-state index contributed by atoms with van der Waals surface area (Å²) in [7, 11) is 2.34. The van der Waals surface area contributed by atoms with Crippen LogP contribution in [0.15, 0.2) is 0 Å². The molecule has 1 nitrogen and oxygen atoms in total. The van der Waals surface area contributed by atoms with Crippen LogP contribution in [-0.4, -0.2) is 23.5 Å². The SMILES string of the molecule is CCCC12CCCC(N(C)C(C)C)(C1)C2. The fourth-order valence-corrected chi connectivity index (χ4v) is 4.30. The first-order valence-corrected chi connectivity index (χ1v) is 6.77. The van der Waals surface area contributed by atoms with Crippen molar-refractivity contribution in [2.45, 2.75) is 77.3 Å². The Balaban J connectivity index is 2.03.